The average molecular weight is 394 g/mol. The molecule has 150 valence electrons. The van der Waals surface area contributed by atoms with Crippen LogP contribution in [0.3, 0.4) is 0 Å². The van der Waals surface area contributed by atoms with Gasteiger partial charge in [-0.25, -0.2) is 4.98 Å². The van der Waals surface area contributed by atoms with Crippen molar-refractivity contribution in [2.45, 2.75) is 6.18 Å². The van der Waals surface area contributed by atoms with Gasteiger partial charge in [0.25, 0.3) is 5.91 Å². The maximum absolute atomic E-state index is 12.6. The van der Waals surface area contributed by atoms with Gasteiger partial charge in [0, 0.05) is 31.9 Å². The predicted octanol–water partition coefficient (Wildman–Crippen LogP) is 3.10. The number of nitrogens with zero attached hydrogens (tertiary/aromatic N) is 2. The minimum absolute atomic E-state index is 0.179. The minimum Gasteiger partial charge on any atom is -0.383 e. The van der Waals surface area contributed by atoms with E-state index in [4.69, 9.17) is 4.74 Å². The molecule has 28 heavy (non-hydrogen) atoms. The number of anilines is 2. The molecule has 1 aromatic carbocycles. The van der Waals surface area contributed by atoms with Crippen molar-refractivity contribution >= 4 is 17.3 Å². The van der Waals surface area contributed by atoms with Crippen molar-refractivity contribution in [2.75, 3.05) is 50.0 Å². The van der Waals surface area contributed by atoms with E-state index in [0.717, 1.165) is 57.2 Å². The Hall–Kier alpha value is -2.65. The topological polar surface area (TPSA) is 66.5 Å². The number of pyridine rings is 1. The van der Waals surface area contributed by atoms with E-state index in [-0.39, 0.29) is 11.4 Å². The van der Waals surface area contributed by atoms with Gasteiger partial charge in [0.05, 0.1) is 30.7 Å². The van der Waals surface area contributed by atoms with Crippen LogP contribution in [0.4, 0.5) is 24.5 Å². The Morgan fingerprint density at radius 2 is 1.75 bits per heavy atom. The maximum atomic E-state index is 12.6. The molecule has 0 aliphatic carbocycles. The quantitative estimate of drug-likeness (QED) is 0.788. The number of alkyl halides is 3. The van der Waals surface area contributed by atoms with Crippen LogP contribution in [0, 0.1) is 0 Å². The Balaban J connectivity index is 1.49. The highest BCUT2D eigenvalue weighted by Gasteiger charge is 2.30. The van der Waals surface area contributed by atoms with Crippen LogP contribution in [-0.4, -0.2) is 55.2 Å². The Morgan fingerprint density at radius 1 is 1.07 bits per heavy atom. The molecule has 1 aliphatic heterocycles. The molecule has 2 heterocycles. The van der Waals surface area contributed by atoms with Crippen LogP contribution in [0.15, 0.2) is 42.6 Å². The number of nitrogens with one attached hydrogen (secondary N) is 2. The van der Waals surface area contributed by atoms with Gasteiger partial charge in [0.15, 0.2) is 0 Å². The van der Waals surface area contributed by atoms with Crippen molar-refractivity contribution in [3.05, 3.63) is 53.9 Å². The first-order valence-corrected chi connectivity index (χ1v) is 8.90. The summed E-state index contributed by atoms with van der Waals surface area (Å²) in [6.07, 6.45) is -2.85. The second-order valence-corrected chi connectivity index (χ2v) is 6.34. The van der Waals surface area contributed by atoms with Gasteiger partial charge >= 0.3 is 6.18 Å². The molecule has 9 heteroatoms. The molecule has 0 bridgehead atoms. The van der Waals surface area contributed by atoms with E-state index >= 15 is 0 Å². The molecule has 1 aromatic heterocycles. The van der Waals surface area contributed by atoms with Crippen LogP contribution in [0.1, 0.15) is 16.1 Å². The van der Waals surface area contributed by atoms with Crippen molar-refractivity contribution < 1.29 is 22.7 Å². The van der Waals surface area contributed by atoms with Crippen molar-refractivity contribution in [3.8, 4) is 0 Å². The monoisotopic (exact) mass is 394 g/mol. The number of amides is 1. The molecular weight excluding hydrogens is 373 g/mol. The number of hydrogen-bond acceptors (Lipinski definition) is 5. The summed E-state index contributed by atoms with van der Waals surface area (Å²) in [7, 11) is 0. The van der Waals surface area contributed by atoms with E-state index in [1.54, 1.807) is 18.3 Å². The van der Waals surface area contributed by atoms with Gasteiger partial charge in [-0.15, -0.1) is 0 Å². The first-order chi connectivity index (χ1) is 13.4. The molecule has 3 rings (SSSR count). The van der Waals surface area contributed by atoms with Crippen molar-refractivity contribution in [1.29, 1.82) is 0 Å². The highest BCUT2D eigenvalue weighted by Crippen LogP contribution is 2.29. The number of aromatic nitrogens is 1. The van der Waals surface area contributed by atoms with Crippen molar-refractivity contribution in [1.82, 2.24) is 9.88 Å². The van der Waals surface area contributed by atoms with Crippen molar-refractivity contribution in [3.63, 3.8) is 0 Å². The maximum Gasteiger partial charge on any atom is 0.416 e. The zero-order chi connectivity index (χ0) is 20.0. The standard InChI is InChI=1S/C19H21F3N4O2/c20-19(21,22)14-1-3-15(4-2-14)25-18(27)17-6-5-16(13-24-17)23-7-8-26-9-11-28-12-10-26/h1-6,13,23H,7-12H2,(H,25,27). The first kappa shape index (κ1) is 20.1. The molecule has 0 saturated carbocycles. The van der Waals surface area contributed by atoms with Crippen LogP contribution in [0.25, 0.3) is 0 Å². The minimum atomic E-state index is -4.41. The number of benzene rings is 1. The van der Waals surface area contributed by atoms with E-state index in [2.05, 4.69) is 20.5 Å². The third kappa shape index (κ3) is 5.67. The number of hydrogen-bond donors (Lipinski definition) is 2. The van der Waals surface area contributed by atoms with E-state index in [0.29, 0.717) is 0 Å². The van der Waals surface area contributed by atoms with Crippen LogP contribution < -0.4 is 10.6 Å². The normalized spacial score (nSPS) is 15.2. The molecule has 2 aromatic rings. The van der Waals surface area contributed by atoms with Gasteiger partial charge in [0.1, 0.15) is 5.69 Å². The Labute approximate surface area is 160 Å². The molecule has 1 saturated heterocycles. The molecule has 2 N–H and O–H groups in total. The lowest BCUT2D eigenvalue weighted by atomic mass is 10.2. The summed E-state index contributed by atoms with van der Waals surface area (Å²) in [4.78, 5) is 18.6. The van der Waals surface area contributed by atoms with Gasteiger partial charge in [-0.2, -0.15) is 13.2 Å². The summed E-state index contributed by atoms with van der Waals surface area (Å²) in [5, 5.41) is 5.78. The van der Waals surface area contributed by atoms with Crippen LogP contribution in [0.2, 0.25) is 0 Å². The number of carbonyl (C=O) groups excluding carboxylic acids is 1. The summed E-state index contributed by atoms with van der Waals surface area (Å²) < 4.78 is 43.0. The van der Waals surface area contributed by atoms with E-state index in [1.165, 1.54) is 12.1 Å². The van der Waals surface area contributed by atoms with Gasteiger partial charge < -0.3 is 15.4 Å². The number of morpholine rings is 1. The molecular formula is C19H21F3N4O2. The Morgan fingerprint density at radius 3 is 2.36 bits per heavy atom. The Kier molecular flexibility index (Phi) is 6.48. The number of ether oxygens (including phenoxy) is 1. The highest BCUT2D eigenvalue weighted by atomic mass is 19.4. The summed E-state index contributed by atoms with van der Waals surface area (Å²) in [5.41, 5.74) is 0.474. The molecule has 6 nitrogen and oxygen atoms in total. The third-order valence-electron chi connectivity index (χ3n) is 4.33. The number of halogens is 3. The fourth-order valence-corrected chi connectivity index (χ4v) is 2.75. The van der Waals surface area contributed by atoms with E-state index < -0.39 is 17.6 Å². The van der Waals surface area contributed by atoms with E-state index in [1.807, 2.05) is 0 Å². The van der Waals surface area contributed by atoms with Crippen LogP contribution in [-0.2, 0) is 10.9 Å². The zero-order valence-corrected chi connectivity index (χ0v) is 15.1. The summed E-state index contributed by atoms with van der Waals surface area (Å²) in [6.45, 7) is 4.98. The van der Waals surface area contributed by atoms with Gasteiger partial charge in [-0.1, -0.05) is 0 Å². The van der Waals surface area contributed by atoms with E-state index in [9.17, 15) is 18.0 Å². The SMILES string of the molecule is O=C(Nc1ccc(C(F)(F)F)cc1)c1ccc(NCCN2CCOCC2)cn1. The number of carbonyl (C=O) groups is 1. The zero-order valence-electron chi connectivity index (χ0n) is 15.1. The summed E-state index contributed by atoms with van der Waals surface area (Å²) in [6, 6.07) is 7.57. The molecule has 1 aliphatic rings. The summed E-state index contributed by atoms with van der Waals surface area (Å²) >= 11 is 0. The molecule has 1 fully saturated rings. The second kappa shape index (κ2) is 9.03. The lowest BCUT2D eigenvalue weighted by Crippen LogP contribution is -2.39. The van der Waals surface area contributed by atoms with Gasteiger partial charge in [-0.05, 0) is 36.4 Å². The first-order valence-electron chi connectivity index (χ1n) is 8.90. The second-order valence-electron chi connectivity index (χ2n) is 6.34. The smallest absolute Gasteiger partial charge is 0.383 e. The lowest BCUT2D eigenvalue weighted by Gasteiger charge is -2.26. The van der Waals surface area contributed by atoms with Crippen LogP contribution >= 0.6 is 0 Å². The largest absolute Gasteiger partial charge is 0.416 e. The van der Waals surface area contributed by atoms with Gasteiger partial charge in [0.2, 0.25) is 0 Å². The van der Waals surface area contributed by atoms with Gasteiger partial charge in [-0.3, -0.25) is 9.69 Å². The lowest BCUT2D eigenvalue weighted by molar-refractivity contribution is -0.137. The predicted molar refractivity (Wildman–Crippen MR) is 99.4 cm³/mol. The molecule has 0 spiro atoms. The van der Waals surface area contributed by atoms with Crippen LogP contribution in [0.5, 0.6) is 0 Å². The Bertz CT molecular complexity index is 773. The third-order valence-corrected chi connectivity index (χ3v) is 4.33. The van der Waals surface area contributed by atoms with Crippen molar-refractivity contribution in [2.24, 2.45) is 0 Å². The fourth-order valence-electron chi connectivity index (χ4n) is 2.75. The average Bonchev–Trinajstić information content (AvgIpc) is 2.69. The molecule has 0 atom stereocenters. The molecule has 0 unspecified atom stereocenters. The molecule has 1 amide bonds. The highest BCUT2D eigenvalue weighted by molar-refractivity contribution is 6.02. The fraction of sp³-hybridized carbons (Fsp3) is 0.368. The molecule has 0 radical (unpaired) electrons. The summed E-state index contributed by atoms with van der Waals surface area (Å²) in [5.74, 6) is -0.486. The number of rotatable bonds is 6.